The molecule has 5 rings (SSSR count). The first-order chi connectivity index (χ1) is 19.1. The molecule has 0 bridgehead atoms. The van der Waals surface area contributed by atoms with Gasteiger partial charge >= 0.3 is 0 Å². The first-order valence-electron chi connectivity index (χ1n) is 13.7. The molecule has 0 radical (unpaired) electrons. The summed E-state index contributed by atoms with van der Waals surface area (Å²) in [5.41, 5.74) is 6.57. The molecule has 0 spiro atoms. The normalized spacial score (nSPS) is 17.4. The molecule has 0 aromatic heterocycles. The molecule has 1 fully saturated rings. The molecular weight excluding hydrogens is 490 g/mol. The quantitative estimate of drug-likeness (QED) is 0.214. The topological polar surface area (TPSA) is 18.5 Å². The van der Waals surface area contributed by atoms with Gasteiger partial charge in [-0.2, -0.15) is 4.39 Å². The van der Waals surface area contributed by atoms with Gasteiger partial charge in [-0.3, -0.25) is 0 Å². The number of benzene rings is 4. The second-order valence-corrected chi connectivity index (χ2v) is 10.0. The molecule has 1 heterocycles. The summed E-state index contributed by atoms with van der Waals surface area (Å²) in [4.78, 5) is 0. The van der Waals surface area contributed by atoms with Crippen LogP contribution in [0.1, 0.15) is 44.6 Å². The minimum atomic E-state index is -0.946. The fourth-order valence-corrected chi connectivity index (χ4v) is 5.12. The summed E-state index contributed by atoms with van der Waals surface area (Å²) in [5.74, 6) is -1.44. The molecule has 4 aromatic carbocycles. The molecule has 0 N–H and O–H groups in total. The Morgan fingerprint density at radius 1 is 0.744 bits per heavy atom. The zero-order valence-electron chi connectivity index (χ0n) is 22.5. The molecule has 2 atom stereocenters. The molecule has 0 saturated carbocycles. The fourth-order valence-electron chi connectivity index (χ4n) is 5.12. The summed E-state index contributed by atoms with van der Waals surface area (Å²) in [6, 6.07) is 27.8. The first-order valence-corrected chi connectivity index (χ1v) is 13.7. The molecule has 1 aliphatic rings. The number of hydrogen-bond donors (Lipinski definition) is 0. The van der Waals surface area contributed by atoms with Crippen LogP contribution in [0.3, 0.4) is 0 Å². The van der Waals surface area contributed by atoms with Gasteiger partial charge in [0.2, 0.25) is 5.82 Å². The SMILES string of the molecule is CC=CC1CCC(c2ccc(-c3ccc(-c4ccc(-c5ccc(OCCC)c(F)c5F)cc4)cc3)cc2)CO1. The second kappa shape index (κ2) is 12.4. The van der Waals surface area contributed by atoms with Gasteiger partial charge in [-0.25, -0.2) is 4.39 Å². The van der Waals surface area contributed by atoms with Crippen molar-refractivity contribution in [2.24, 2.45) is 0 Å². The summed E-state index contributed by atoms with van der Waals surface area (Å²) in [6.45, 7) is 5.07. The van der Waals surface area contributed by atoms with E-state index in [2.05, 4.69) is 60.7 Å². The summed E-state index contributed by atoms with van der Waals surface area (Å²) in [5, 5.41) is 0. The third-order valence-electron chi connectivity index (χ3n) is 7.36. The van der Waals surface area contributed by atoms with Crippen LogP contribution in [0, 0.1) is 11.6 Å². The number of rotatable bonds is 8. The van der Waals surface area contributed by atoms with Gasteiger partial charge in [0.1, 0.15) is 0 Å². The molecule has 4 heteroatoms. The van der Waals surface area contributed by atoms with Crippen LogP contribution in [0.15, 0.2) is 97.1 Å². The monoisotopic (exact) mass is 524 g/mol. The molecule has 1 aliphatic heterocycles. The van der Waals surface area contributed by atoms with E-state index in [9.17, 15) is 8.78 Å². The van der Waals surface area contributed by atoms with Gasteiger partial charge in [-0.1, -0.05) is 91.9 Å². The van der Waals surface area contributed by atoms with Crippen LogP contribution in [-0.2, 0) is 4.74 Å². The Morgan fingerprint density at radius 2 is 1.31 bits per heavy atom. The molecule has 2 unspecified atom stereocenters. The Morgan fingerprint density at radius 3 is 1.82 bits per heavy atom. The minimum Gasteiger partial charge on any atom is -0.490 e. The average molecular weight is 525 g/mol. The predicted octanol–water partition coefficient (Wildman–Crippen LogP) is 9.59. The van der Waals surface area contributed by atoms with Crippen molar-refractivity contribution in [2.75, 3.05) is 13.2 Å². The Balaban J connectivity index is 1.26. The Bertz CT molecular complexity index is 1400. The fraction of sp³-hybridized carbons (Fsp3) is 0.257. The Labute approximate surface area is 229 Å². The highest BCUT2D eigenvalue weighted by atomic mass is 19.2. The molecule has 200 valence electrons. The van der Waals surface area contributed by atoms with E-state index in [1.807, 2.05) is 38.1 Å². The molecular formula is C35H34F2O2. The van der Waals surface area contributed by atoms with Gasteiger partial charge in [0.25, 0.3) is 0 Å². The predicted molar refractivity (Wildman–Crippen MR) is 155 cm³/mol. The van der Waals surface area contributed by atoms with Crippen LogP contribution in [0.2, 0.25) is 0 Å². The van der Waals surface area contributed by atoms with Crippen LogP contribution < -0.4 is 4.74 Å². The van der Waals surface area contributed by atoms with Crippen molar-refractivity contribution < 1.29 is 18.3 Å². The van der Waals surface area contributed by atoms with Crippen molar-refractivity contribution in [3.05, 3.63) is 114 Å². The Kier molecular flexibility index (Phi) is 8.53. The van der Waals surface area contributed by atoms with E-state index < -0.39 is 11.6 Å². The van der Waals surface area contributed by atoms with Crippen LogP contribution in [0.5, 0.6) is 5.75 Å². The van der Waals surface area contributed by atoms with Gasteiger partial charge in [-0.05, 0) is 71.7 Å². The van der Waals surface area contributed by atoms with Crippen LogP contribution in [0.25, 0.3) is 33.4 Å². The van der Waals surface area contributed by atoms with E-state index in [0.29, 0.717) is 18.1 Å². The van der Waals surface area contributed by atoms with Crippen LogP contribution >= 0.6 is 0 Å². The van der Waals surface area contributed by atoms with E-state index >= 15 is 0 Å². The van der Waals surface area contributed by atoms with Gasteiger partial charge in [0.15, 0.2) is 11.6 Å². The number of allylic oxidation sites excluding steroid dienone is 1. The van der Waals surface area contributed by atoms with Crippen molar-refractivity contribution in [3.63, 3.8) is 0 Å². The molecule has 4 aromatic rings. The van der Waals surface area contributed by atoms with Crippen molar-refractivity contribution in [1.29, 1.82) is 0 Å². The van der Waals surface area contributed by atoms with E-state index in [4.69, 9.17) is 9.47 Å². The maximum absolute atomic E-state index is 14.7. The van der Waals surface area contributed by atoms with Crippen LogP contribution in [-0.4, -0.2) is 19.3 Å². The summed E-state index contributed by atoms with van der Waals surface area (Å²) in [6.07, 6.45) is 7.38. The van der Waals surface area contributed by atoms with Crippen molar-refractivity contribution in [1.82, 2.24) is 0 Å². The smallest absolute Gasteiger partial charge is 0.201 e. The lowest BCUT2D eigenvalue weighted by molar-refractivity contribution is 0.0326. The second-order valence-electron chi connectivity index (χ2n) is 10.0. The highest BCUT2D eigenvalue weighted by molar-refractivity contribution is 5.73. The van der Waals surface area contributed by atoms with Crippen molar-refractivity contribution >= 4 is 0 Å². The summed E-state index contributed by atoms with van der Waals surface area (Å²) >= 11 is 0. The summed E-state index contributed by atoms with van der Waals surface area (Å²) < 4.78 is 40.4. The third-order valence-corrected chi connectivity index (χ3v) is 7.36. The number of ether oxygens (including phenoxy) is 2. The number of hydrogen-bond acceptors (Lipinski definition) is 2. The van der Waals surface area contributed by atoms with Crippen molar-refractivity contribution in [3.8, 4) is 39.1 Å². The third kappa shape index (κ3) is 6.12. The highest BCUT2D eigenvalue weighted by Crippen LogP contribution is 2.33. The van der Waals surface area contributed by atoms with E-state index in [1.54, 1.807) is 6.07 Å². The van der Waals surface area contributed by atoms with Crippen molar-refractivity contribution in [2.45, 2.75) is 45.1 Å². The number of halogens is 2. The maximum atomic E-state index is 14.7. The van der Waals surface area contributed by atoms with Gasteiger partial charge in [0.05, 0.1) is 19.3 Å². The van der Waals surface area contributed by atoms with Crippen LogP contribution in [0.4, 0.5) is 8.78 Å². The lowest BCUT2D eigenvalue weighted by atomic mass is 9.90. The van der Waals surface area contributed by atoms with Gasteiger partial charge in [-0.15, -0.1) is 0 Å². The van der Waals surface area contributed by atoms with E-state index in [0.717, 1.165) is 42.6 Å². The minimum absolute atomic E-state index is 0.0503. The van der Waals surface area contributed by atoms with E-state index in [-0.39, 0.29) is 17.4 Å². The lowest BCUT2D eigenvalue weighted by Gasteiger charge is -2.27. The average Bonchev–Trinajstić information content (AvgIpc) is 2.99. The standard InChI is InChI=1S/C35H34F2O2/c1-3-5-31-19-18-30(23-39-31)28-12-10-26(11-13-28)24-6-8-25(9-7-24)27-14-16-29(17-15-27)32-20-21-33(38-22-4-2)35(37)34(32)36/h3,5-17,20-21,30-31H,4,18-19,22-23H2,1-2H3. The molecule has 0 amide bonds. The first kappa shape index (κ1) is 26.8. The Hall–Kier alpha value is -3.76. The highest BCUT2D eigenvalue weighted by Gasteiger charge is 2.21. The molecule has 2 nitrogen and oxygen atoms in total. The molecule has 0 aliphatic carbocycles. The zero-order valence-corrected chi connectivity index (χ0v) is 22.5. The molecule has 1 saturated heterocycles. The largest absolute Gasteiger partial charge is 0.490 e. The van der Waals surface area contributed by atoms with Gasteiger partial charge in [0, 0.05) is 11.5 Å². The maximum Gasteiger partial charge on any atom is 0.201 e. The van der Waals surface area contributed by atoms with E-state index in [1.165, 1.54) is 17.2 Å². The molecule has 39 heavy (non-hydrogen) atoms. The van der Waals surface area contributed by atoms with Gasteiger partial charge < -0.3 is 9.47 Å². The summed E-state index contributed by atoms with van der Waals surface area (Å²) in [7, 11) is 0. The lowest BCUT2D eigenvalue weighted by Crippen LogP contribution is -2.23. The zero-order chi connectivity index (χ0) is 27.2.